The maximum absolute atomic E-state index is 9.34. The Bertz CT molecular complexity index is 544. The Labute approximate surface area is 107 Å². The summed E-state index contributed by atoms with van der Waals surface area (Å²) in [6, 6.07) is 10.9. The Kier molecular flexibility index (Phi) is 3.42. The van der Waals surface area contributed by atoms with Gasteiger partial charge >= 0.3 is 0 Å². The van der Waals surface area contributed by atoms with Crippen molar-refractivity contribution in [3.8, 4) is 11.5 Å². The monoisotopic (exact) mass is 243 g/mol. The molecule has 2 aromatic carbocycles. The van der Waals surface area contributed by atoms with Gasteiger partial charge in [-0.1, -0.05) is 12.1 Å². The van der Waals surface area contributed by atoms with E-state index in [2.05, 4.69) is 0 Å². The molecule has 0 aliphatic carbocycles. The molecule has 0 radical (unpaired) electrons. The molecule has 0 atom stereocenters. The normalized spacial score (nSPS) is 10.3. The zero-order chi connectivity index (χ0) is 13.1. The molecule has 3 nitrogen and oxygen atoms in total. The van der Waals surface area contributed by atoms with E-state index in [0.29, 0.717) is 6.61 Å². The van der Waals surface area contributed by atoms with Crippen LogP contribution in [0.1, 0.15) is 16.7 Å². The lowest BCUT2D eigenvalue weighted by molar-refractivity contribution is 0.303. The molecule has 0 spiro atoms. The maximum atomic E-state index is 9.34. The summed E-state index contributed by atoms with van der Waals surface area (Å²) in [5.74, 6) is 1.01. The number of hydrogen-bond donors (Lipinski definition) is 2. The number of rotatable bonds is 3. The SMILES string of the molecule is Cc1cc(O)ccc1OCc1c(C)cccc1N. The van der Waals surface area contributed by atoms with Crippen molar-refractivity contribution in [2.75, 3.05) is 5.73 Å². The van der Waals surface area contributed by atoms with Gasteiger partial charge in [-0.15, -0.1) is 0 Å². The van der Waals surface area contributed by atoms with Gasteiger partial charge in [0.05, 0.1) is 0 Å². The van der Waals surface area contributed by atoms with E-state index in [9.17, 15) is 5.11 Å². The number of phenolic OH excluding ortho intramolecular Hbond substituents is 1. The summed E-state index contributed by atoms with van der Waals surface area (Å²) in [4.78, 5) is 0. The molecule has 18 heavy (non-hydrogen) atoms. The number of nitrogens with two attached hydrogens (primary N) is 1. The lowest BCUT2D eigenvalue weighted by Gasteiger charge is -2.12. The van der Waals surface area contributed by atoms with Crippen LogP contribution >= 0.6 is 0 Å². The van der Waals surface area contributed by atoms with E-state index >= 15 is 0 Å². The van der Waals surface area contributed by atoms with E-state index in [-0.39, 0.29) is 5.75 Å². The minimum absolute atomic E-state index is 0.246. The Morgan fingerprint density at radius 1 is 1.11 bits per heavy atom. The van der Waals surface area contributed by atoms with Crippen molar-refractivity contribution in [1.82, 2.24) is 0 Å². The van der Waals surface area contributed by atoms with Crippen LogP contribution in [-0.4, -0.2) is 5.11 Å². The second-order valence-electron chi connectivity index (χ2n) is 4.38. The molecular weight excluding hydrogens is 226 g/mol. The van der Waals surface area contributed by atoms with E-state index in [0.717, 1.165) is 28.1 Å². The van der Waals surface area contributed by atoms with Gasteiger partial charge in [0.1, 0.15) is 18.1 Å². The van der Waals surface area contributed by atoms with Crippen molar-refractivity contribution < 1.29 is 9.84 Å². The molecule has 0 fully saturated rings. The average Bonchev–Trinajstić information content (AvgIpc) is 2.31. The molecule has 0 saturated heterocycles. The third kappa shape index (κ3) is 2.56. The third-order valence-corrected chi connectivity index (χ3v) is 2.98. The molecule has 3 heteroatoms. The zero-order valence-corrected chi connectivity index (χ0v) is 10.6. The molecule has 94 valence electrons. The summed E-state index contributed by atoms with van der Waals surface area (Å²) in [7, 11) is 0. The zero-order valence-electron chi connectivity index (χ0n) is 10.6. The van der Waals surface area contributed by atoms with E-state index in [4.69, 9.17) is 10.5 Å². The van der Waals surface area contributed by atoms with Crippen molar-refractivity contribution in [3.63, 3.8) is 0 Å². The van der Waals surface area contributed by atoms with Gasteiger partial charge in [0, 0.05) is 11.3 Å². The van der Waals surface area contributed by atoms with Crippen molar-refractivity contribution >= 4 is 5.69 Å². The van der Waals surface area contributed by atoms with Gasteiger partial charge in [-0.25, -0.2) is 0 Å². The second kappa shape index (κ2) is 5.00. The Balaban J connectivity index is 2.16. The first-order chi connectivity index (χ1) is 8.58. The molecule has 0 unspecified atom stereocenters. The van der Waals surface area contributed by atoms with E-state index in [1.165, 1.54) is 0 Å². The average molecular weight is 243 g/mol. The van der Waals surface area contributed by atoms with Crippen LogP contribution in [0.5, 0.6) is 11.5 Å². The van der Waals surface area contributed by atoms with Crippen molar-refractivity contribution in [1.29, 1.82) is 0 Å². The summed E-state index contributed by atoms with van der Waals surface area (Å²) >= 11 is 0. The van der Waals surface area contributed by atoms with Gasteiger partial charge in [-0.3, -0.25) is 0 Å². The van der Waals surface area contributed by atoms with Gasteiger partial charge in [-0.2, -0.15) is 0 Å². The summed E-state index contributed by atoms with van der Waals surface area (Å²) in [5.41, 5.74) is 9.70. The van der Waals surface area contributed by atoms with Crippen LogP contribution in [0.3, 0.4) is 0 Å². The van der Waals surface area contributed by atoms with Crippen molar-refractivity contribution in [2.24, 2.45) is 0 Å². The van der Waals surface area contributed by atoms with E-state index in [1.54, 1.807) is 18.2 Å². The molecule has 0 aliphatic heterocycles. The molecule has 0 aliphatic rings. The molecule has 0 amide bonds. The van der Waals surface area contributed by atoms with Crippen LogP contribution in [0.2, 0.25) is 0 Å². The Morgan fingerprint density at radius 2 is 1.89 bits per heavy atom. The highest BCUT2D eigenvalue weighted by Crippen LogP contribution is 2.25. The highest BCUT2D eigenvalue weighted by Gasteiger charge is 2.05. The minimum Gasteiger partial charge on any atom is -0.508 e. The van der Waals surface area contributed by atoms with Gasteiger partial charge in [0.15, 0.2) is 0 Å². The smallest absolute Gasteiger partial charge is 0.122 e. The largest absolute Gasteiger partial charge is 0.508 e. The van der Waals surface area contributed by atoms with Gasteiger partial charge < -0.3 is 15.6 Å². The molecule has 0 bridgehead atoms. The van der Waals surface area contributed by atoms with Gasteiger partial charge in [0.2, 0.25) is 0 Å². The van der Waals surface area contributed by atoms with Crippen LogP contribution in [0, 0.1) is 13.8 Å². The molecule has 2 rings (SSSR count). The maximum Gasteiger partial charge on any atom is 0.122 e. The fourth-order valence-electron chi connectivity index (χ4n) is 1.87. The number of nitrogen functional groups attached to an aromatic ring is 1. The molecular formula is C15H17NO2. The van der Waals surface area contributed by atoms with Crippen LogP contribution in [-0.2, 0) is 6.61 Å². The lowest BCUT2D eigenvalue weighted by atomic mass is 10.1. The molecule has 3 N–H and O–H groups in total. The van der Waals surface area contributed by atoms with E-state index < -0.39 is 0 Å². The van der Waals surface area contributed by atoms with Crippen molar-refractivity contribution in [3.05, 3.63) is 53.1 Å². The van der Waals surface area contributed by atoms with Gasteiger partial charge in [0.25, 0.3) is 0 Å². The highest BCUT2D eigenvalue weighted by molar-refractivity contribution is 5.50. The van der Waals surface area contributed by atoms with Crippen LogP contribution in [0.4, 0.5) is 5.69 Å². The van der Waals surface area contributed by atoms with Crippen molar-refractivity contribution in [2.45, 2.75) is 20.5 Å². The first-order valence-electron chi connectivity index (χ1n) is 5.84. The summed E-state index contributed by atoms with van der Waals surface area (Å²) in [5, 5.41) is 9.34. The topological polar surface area (TPSA) is 55.5 Å². The van der Waals surface area contributed by atoms with Crippen LogP contribution in [0.15, 0.2) is 36.4 Å². The van der Waals surface area contributed by atoms with Crippen LogP contribution < -0.4 is 10.5 Å². The van der Waals surface area contributed by atoms with Crippen LogP contribution in [0.25, 0.3) is 0 Å². The predicted octanol–water partition coefficient (Wildman–Crippen LogP) is 3.17. The quantitative estimate of drug-likeness (QED) is 0.814. The first-order valence-corrected chi connectivity index (χ1v) is 5.84. The number of phenols is 1. The number of benzene rings is 2. The Morgan fingerprint density at radius 3 is 2.56 bits per heavy atom. The molecule has 0 heterocycles. The molecule has 0 aromatic heterocycles. The number of anilines is 1. The molecule has 2 aromatic rings. The number of aromatic hydroxyl groups is 1. The lowest BCUT2D eigenvalue weighted by Crippen LogP contribution is -2.03. The number of ether oxygens (including phenoxy) is 1. The summed E-state index contributed by atoms with van der Waals surface area (Å²) < 4.78 is 5.75. The fourth-order valence-corrected chi connectivity index (χ4v) is 1.87. The van der Waals surface area contributed by atoms with Gasteiger partial charge in [-0.05, 0) is 49.2 Å². The van der Waals surface area contributed by atoms with E-state index in [1.807, 2.05) is 32.0 Å². The number of aryl methyl sites for hydroxylation is 2. The highest BCUT2D eigenvalue weighted by atomic mass is 16.5. The standard InChI is InChI=1S/C15H17NO2/c1-10-4-3-5-14(16)13(10)9-18-15-7-6-12(17)8-11(15)2/h3-8,17H,9,16H2,1-2H3. The first kappa shape index (κ1) is 12.3. The third-order valence-electron chi connectivity index (χ3n) is 2.98. The molecule has 0 saturated carbocycles. The fraction of sp³-hybridized carbons (Fsp3) is 0.200. The Hall–Kier alpha value is -2.16. The minimum atomic E-state index is 0.246. The summed E-state index contributed by atoms with van der Waals surface area (Å²) in [6.45, 7) is 4.35. The number of hydrogen-bond acceptors (Lipinski definition) is 3. The second-order valence-corrected chi connectivity index (χ2v) is 4.38. The predicted molar refractivity (Wildman–Crippen MR) is 72.8 cm³/mol. The summed E-state index contributed by atoms with van der Waals surface area (Å²) in [6.07, 6.45) is 0.